The van der Waals surface area contributed by atoms with E-state index in [-0.39, 0.29) is 0 Å². The second kappa shape index (κ2) is 5.15. The van der Waals surface area contributed by atoms with Crippen molar-refractivity contribution >= 4 is 0 Å². The summed E-state index contributed by atoms with van der Waals surface area (Å²) in [6, 6.07) is 0.798. The van der Waals surface area contributed by atoms with Crippen LogP contribution in [-0.4, -0.2) is 22.6 Å². The molecular weight excluding hydrogens is 174 g/mol. The van der Waals surface area contributed by atoms with Gasteiger partial charge in [-0.3, -0.25) is 0 Å². The van der Waals surface area contributed by atoms with E-state index in [1.165, 1.54) is 32.1 Å². The van der Waals surface area contributed by atoms with Crippen molar-refractivity contribution in [3.8, 4) is 0 Å². The third-order valence-corrected chi connectivity index (χ3v) is 2.93. The highest BCUT2D eigenvalue weighted by Gasteiger charge is 2.13. The van der Waals surface area contributed by atoms with Gasteiger partial charge in [0.05, 0.1) is 0 Å². The maximum absolute atomic E-state index is 4.20. The molecule has 0 aliphatic heterocycles. The lowest BCUT2D eigenvalue weighted by Crippen LogP contribution is -2.27. The summed E-state index contributed by atoms with van der Waals surface area (Å²) in [6.07, 6.45) is 11.5. The largest absolute Gasteiger partial charge is 0.349 e. The SMILES string of the molecule is c1c[nH]c(CCCNC2CCCC2)n1. The number of aromatic amines is 1. The highest BCUT2D eigenvalue weighted by molar-refractivity contribution is 4.87. The van der Waals surface area contributed by atoms with E-state index in [0.717, 1.165) is 24.8 Å². The van der Waals surface area contributed by atoms with Gasteiger partial charge in [0.2, 0.25) is 0 Å². The van der Waals surface area contributed by atoms with Crippen molar-refractivity contribution in [1.29, 1.82) is 0 Å². The first-order valence-corrected chi connectivity index (χ1v) is 5.67. The highest BCUT2D eigenvalue weighted by atomic mass is 14.9. The second-order valence-corrected chi connectivity index (χ2v) is 4.07. The van der Waals surface area contributed by atoms with E-state index in [9.17, 15) is 0 Å². The summed E-state index contributed by atoms with van der Waals surface area (Å²) >= 11 is 0. The Balaban J connectivity index is 1.55. The molecule has 1 aromatic rings. The molecule has 14 heavy (non-hydrogen) atoms. The predicted octanol–water partition coefficient (Wildman–Crippen LogP) is 1.87. The molecule has 2 rings (SSSR count). The molecule has 1 saturated carbocycles. The molecule has 1 heterocycles. The molecule has 1 aliphatic rings. The number of nitrogens with one attached hydrogen (secondary N) is 2. The number of aryl methyl sites for hydroxylation is 1. The molecule has 0 atom stereocenters. The third kappa shape index (κ3) is 2.84. The van der Waals surface area contributed by atoms with Crippen LogP contribution in [0.25, 0.3) is 0 Å². The Kier molecular flexibility index (Phi) is 3.57. The zero-order valence-corrected chi connectivity index (χ0v) is 8.63. The molecule has 78 valence electrons. The van der Waals surface area contributed by atoms with Crippen molar-refractivity contribution < 1.29 is 0 Å². The third-order valence-electron chi connectivity index (χ3n) is 2.93. The van der Waals surface area contributed by atoms with Crippen molar-refractivity contribution in [2.75, 3.05) is 6.54 Å². The lowest BCUT2D eigenvalue weighted by molar-refractivity contribution is 0.513. The second-order valence-electron chi connectivity index (χ2n) is 4.07. The Morgan fingerprint density at radius 2 is 2.29 bits per heavy atom. The zero-order chi connectivity index (χ0) is 9.64. The van der Waals surface area contributed by atoms with Crippen LogP contribution < -0.4 is 5.32 Å². The van der Waals surface area contributed by atoms with E-state index in [2.05, 4.69) is 15.3 Å². The molecule has 0 radical (unpaired) electrons. The lowest BCUT2D eigenvalue weighted by atomic mass is 10.2. The summed E-state index contributed by atoms with van der Waals surface area (Å²) in [7, 11) is 0. The zero-order valence-electron chi connectivity index (χ0n) is 8.63. The summed E-state index contributed by atoms with van der Waals surface area (Å²) < 4.78 is 0. The number of hydrogen-bond acceptors (Lipinski definition) is 2. The predicted molar refractivity (Wildman–Crippen MR) is 57.2 cm³/mol. The number of nitrogens with zero attached hydrogens (tertiary/aromatic N) is 1. The minimum atomic E-state index is 0.798. The van der Waals surface area contributed by atoms with Crippen molar-refractivity contribution in [1.82, 2.24) is 15.3 Å². The van der Waals surface area contributed by atoms with Crippen molar-refractivity contribution in [2.45, 2.75) is 44.6 Å². The van der Waals surface area contributed by atoms with Crippen molar-refractivity contribution in [2.24, 2.45) is 0 Å². The fourth-order valence-corrected chi connectivity index (χ4v) is 2.13. The molecule has 2 N–H and O–H groups in total. The van der Waals surface area contributed by atoms with Gasteiger partial charge >= 0.3 is 0 Å². The number of rotatable bonds is 5. The van der Waals surface area contributed by atoms with Gasteiger partial charge in [-0.15, -0.1) is 0 Å². The van der Waals surface area contributed by atoms with Crippen LogP contribution in [0.5, 0.6) is 0 Å². The quantitative estimate of drug-likeness (QED) is 0.701. The van der Waals surface area contributed by atoms with E-state index in [4.69, 9.17) is 0 Å². The molecule has 0 saturated heterocycles. The average Bonchev–Trinajstić information content (AvgIpc) is 2.86. The fraction of sp³-hybridized carbons (Fsp3) is 0.727. The maximum Gasteiger partial charge on any atom is 0.106 e. The summed E-state index contributed by atoms with van der Waals surface area (Å²) in [6.45, 7) is 1.13. The molecule has 1 fully saturated rings. The first-order valence-electron chi connectivity index (χ1n) is 5.67. The van der Waals surface area contributed by atoms with Crippen LogP contribution in [-0.2, 0) is 6.42 Å². The molecule has 3 heteroatoms. The van der Waals surface area contributed by atoms with Gasteiger partial charge in [0.1, 0.15) is 5.82 Å². The van der Waals surface area contributed by atoms with E-state index in [1.807, 2.05) is 12.4 Å². The Morgan fingerprint density at radius 3 is 3.00 bits per heavy atom. The first kappa shape index (κ1) is 9.71. The summed E-state index contributed by atoms with van der Waals surface area (Å²) in [4.78, 5) is 7.33. The van der Waals surface area contributed by atoms with E-state index in [1.54, 1.807) is 0 Å². The van der Waals surface area contributed by atoms with Gasteiger partial charge in [-0.2, -0.15) is 0 Å². The normalized spacial score (nSPS) is 17.7. The van der Waals surface area contributed by atoms with Crippen molar-refractivity contribution in [3.05, 3.63) is 18.2 Å². The van der Waals surface area contributed by atoms with Gasteiger partial charge in [-0.05, 0) is 25.8 Å². The number of imidazole rings is 1. The number of H-pyrrole nitrogens is 1. The molecule has 0 bridgehead atoms. The minimum Gasteiger partial charge on any atom is -0.349 e. The summed E-state index contributed by atoms with van der Waals surface area (Å²) in [5.41, 5.74) is 0. The molecule has 0 spiro atoms. The Labute approximate surface area is 85.3 Å². The van der Waals surface area contributed by atoms with E-state index < -0.39 is 0 Å². The Hall–Kier alpha value is -0.830. The maximum atomic E-state index is 4.20. The molecule has 3 nitrogen and oxygen atoms in total. The lowest BCUT2D eigenvalue weighted by Gasteiger charge is -2.10. The minimum absolute atomic E-state index is 0.798. The van der Waals surface area contributed by atoms with Crippen LogP contribution in [0.4, 0.5) is 0 Å². The summed E-state index contributed by atoms with van der Waals surface area (Å²) in [5, 5.41) is 3.60. The molecule has 0 aromatic carbocycles. The van der Waals surface area contributed by atoms with Crippen LogP contribution in [0.3, 0.4) is 0 Å². The van der Waals surface area contributed by atoms with E-state index >= 15 is 0 Å². The van der Waals surface area contributed by atoms with Crippen LogP contribution in [0.2, 0.25) is 0 Å². The average molecular weight is 193 g/mol. The molecule has 1 aliphatic carbocycles. The van der Waals surface area contributed by atoms with Gasteiger partial charge in [0, 0.05) is 24.9 Å². The molecule has 0 unspecified atom stereocenters. The van der Waals surface area contributed by atoms with Crippen LogP contribution in [0.1, 0.15) is 37.9 Å². The number of hydrogen-bond donors (Lipinski definition) is 2. The van der Waals surface area contributed by atoms with Gasteiger partial charge < -0.3 is 10.3 Å². The first-order chi connectivity index (χ1) is 6.95. The van der Waals surface area contributed by atoms with Gasteiger partial charge in [-0.25, -0.2) is 4.98 Å². The van der Waals surface area contributed by atoms with Crippen LogP contribution >= 0.6 is 0 Å². The monoisotopic (exact) mass is 193 g/mol. The summed E-state index contributed by atoms with van der Waals surface area (Å²) in [5.74, 6) is 1.11. The Morgan fingerprint density at radius 1 is 1.43 bits per heavy atom. The van der Waals surface area contributed by atoms with E-state index in [0.29, 0.717) is 0 Å². The standard InChI is InChI=1S/C11H19N3/c1-2-5-10(4-1)12-7-3-6-11-13-8-9-14-11/h8-10,12H,1-7H2,(H,13,14). The molecular formula is C11H19N3. The van der Waals surface area contributed by atoms with Crippen molar-refractivity contribution in [3.63, 3.8) is 0 Å². The van der Waals surface area contributed by atoms with Crippen LogP contribution in [0.15, 0.2) is 12.4 Å². The topological polar surface area (TPSA) is 40.7 Å². The smallest absolute Gasteiger partial charge is 0.106 e. The fourth-order valence-electron chi connectivity index (χ4n) is 2.13. The van der Waals surface area contributed by atoms with Gasteiger partial charge in [0.25, 0.3) is 0 Å². The molecule has 1 aromatic heterocycles. The van der Waals surface area contributed by atoms with Crippen LogP contribution in [0, 0.1) is 0 Å². The van der Waals surface area contributed by atoms with Gasteiger partial charge in [-0.1, -0.05) is 12.8 Å². The molecule has 0 amide bonds. The Bertz CT molecular complexity index is 237. The number of aromatic nitrogens is 2. The van der Waals surface area contributed by atoms with Gasteiger partial charge in [0.15, 0.2) is 0 Å². The highest BCUT2D eigenvalue weighted by Crippen LogP contribution is 2.17.